The molecule has 6 nitrogen and oxygen atoms in total. The van der Waals surface area contributed by atoms with Crippen molar-refractivity contribution in [1.29, 1.82) is 5.26 Å². The van der Waals surface area contributed by atoms with Crippen molar-refractivity contribution in [3.8, 4) is 6.07 Å². The molecule has 1 saturated carbocycles. The molecule has 0 saturated heterocycles. The number of nitrogens with zero attached hydrogens (tertiary/aromatic N) is 4. The van der Waals surface area contributed by atoms with Crippen LogP contribution in [0.25, 0.3) is 0 Å². The zero-order valence-corrected chi connectivity index (χ0v) is 20.4. The van der Waals surface area contributed by atoms with Crippen molar-refractivity contribution in [3.63, 3.8) is 0 Å². The Morgan fingerprint density at radius 1 is 1.12 bits per heavy atom. The lowest BCUT2D eigenvalue weighted by Crippen LogP contribution is -2.27. The van der Waals surface area contributed by atoms with Gasteiger partial charge in [-0.15, -0.1) is 0 Å². The van der Waals surface area contributed by atoms with Crippen molar-refractivity contribution in [2.24, 2.45) is 5.92 Å². The third-order valence-electron chi connectivity index (χ3n) is 6.79. The Balaban J connectivity index is 1.65. The molecule has 1 atom stereocenters. The van der Waals surface area contributed by atoms with Gasteiger partial charge in [-0.2, -0.15) is 5.26 Å². The first-order valence-corrected chi connectivity index (χ1v) is 12.0. The van der Waals surface area contributed by atoms with E-state index in [9.17, 15) is 5.26 Å². The molecule has 1 aromatic heterocycles. The van der Waals surface area contributed by atoms with Gasteiger partial charge in [0.25, 0.3) is 0 Å². The number of benzene rings is 1. The Morgan fingerprint density at radius 3 is 2.38 bits per heavy atom. The van der Waals surface area contributed by atoms with Crippen molar-refractivity contribution in [2.45, 2.75) is 63.8 Å². The van der Waals surface area contributed by atoms with E-state index in [4.69, 9.17) is 4.42 Å². The zero-order valence-electron chi connectivity index (χ0n) is 20.4. The van der Waals surface area contributed by atoms with Crippen LogP contribution in [0.3, 0.4) is 0 Å². The van der Waals surface area contributed by atoms with Crippen LogP contribution in [0, 0.1) is 17.2 Å². The molecule has 1 aliphatic rings. The Morgan fingerprint density at radius 2 is 1.81 bits per heavy atom. The summed E-state index contributed by atoms with van der Waals surface area (Å²) in [5.74, 6) is 2.41. The Bertz CT molecular complexity index is 873. The van der Waals surface area contributed by atoms with Crippen LogP contribution in [0.4, 0.5) is 11.6 Å². The van der Waals surface area contributed by atoms with Gasteiger partial charge < -0.3 is 19.5 Å². The number of hydrogen-bond donors (Lipinski definition) is 1. The third kappa shape index (κ3) is 6.04. The number of anilines is 2. The lowest BCUT2D eigenvalue weighted by atomic mass is 9.80. The van der Waals surface area contributed by atoms with E-state index in [2.05, 4.69) is 71.5 Å². The lowest BCUT2D eigenvalue weighted by molar-refractivity contribution is 0.277. The van der Waals surface area contributed by atoms with E-state index < -0.39 is 0 Å². The average Bonchev–Trinajstić information content (AvgIpc) is 3.21. The molecule has 1 fully saturated rings. The molecule has 0 bridgehead atoms. The molecule has 0 unspecified atom stereocenters. The van der Waals surface area contributed by atoms with Crippen LogP contribution < -0.4 is 10.2 Å². The van der Waals surface area contributed by atoms with E-state index >= 15 is 0 Å². The van der Waals surface area contributed by atoms with Gasteiger partial charge in [-0.1, -0.05) is 38.3 Å². The highest BCUT2D eigenvalue weighted by molar-refractivity contribution is 5.48. The monoisotopic (exact) mass is 437 g/mol. The van der Waals surface area contributed by atoms with E-state index in [0.29, 0.717) is 24.0 Å². The van der Waals surface area contributed by atoms with Gasteiger partial charge >= 0.3 is 0 Å². The molecule has 6 heteroatoms. The zero-order chi connectivity index (χ0) is 23.1. The van der Waals surface area contributed by atoms with Crippen LogP contribution in [-0.4, -0.2) is 44.6 Å². The van der Waals surface area contributed by atoms with Crippen LogP contribution in [0.2, 0.25) is 0 Å². The highest BCUT2D eigenvalue weighted by Gasteiger charge is 2.27. The molecule has 0 aliphatic heterocycles. The van der Waals surface area contributed by atoms with Crippen LogP contribution >= 0.6 is 0 Å². The molecule has 32 heavy (non-hydrogen) atoms. The van der Waals surface area contributed by atoms with Crippen LogP contribution in [0.5, 0.6) is 0 Å². The largest absolute Gasteiger partial charge is 0.424 e. The fraction of sp³-hybridized carbons (Fsp3) is 0.615. The van der Waals surface area contributed by atoms with Gasteiger partial charge in [0, 0.05) is 32.2 Å². The van der Waals surface area contributed by atoms with E-state index in [1.807, 2.05) is 14.1 Å². The smallest absolute Gasteiger partial charge is 0.232 e. The number of oxazole rings is 1. The predicted octanol–water partition coefficient (Wildman–Crippen LogP) is 5.79. The summed E-state index contributed by atoms with van der Waals surface area (Å²) in [4.78, 5) is 8.83. The summed E-state index contributed by atoms with van der Waals surface area (Å²) >= 11 is 0. The minimum atomic E-state index is 0.153. The third-order valence-corrected chi connectivity index (χ3v) is 6.79. The van der Waals surface area contributed by atoms with Crippen molar-refractivity contribution in [1.82, 2.24) is 9.88 Å². The maximum absolute atomic E-state index is 9.62. The fourth-order valence-corrected chi connectivity index (χ4v) is 4.68. The second kappa shape index (κ2) is 11.4. The summed E-state index contributed by atoms with van der Waals surface area (Å²) in [6.07, 6.45) is 8.63. The molecular formula is C26H39N5O. The number of nitriles is 1. The fourth-order valence-electron chi connectivity index (χ4n) is 4.68. The van der Waals surface area contributed by atoms with E-state index in [-0.39, 0.29) is 6.04 Å². The van der Waals surface area contributed by atoms with Crippen LogP contribution in [0.15, 0.2) is 28.7 Å². The van der Waals surface area contributed by atoms with E-state index in [1.165, 1.54) is 43.4 Å². The number of rotatable bonds is 10. The molecule has 0 spiro atoms. The molecule has 1 heterocycles. The molecule has 1 aromatic carbocycles. The van der Waals surface area contributed by atoms with Crippen molar-refractivity contribution in [3.05, 3.63) is 41.4 Å². The number of aromatic nitrogens is 1. The van der Waals surface area contributed by atoms with Gasteiger partial charge in [0.1, 0.15) is 6.07 Å². The van der Waals surface area contributed by atoms with Crippen molar-refractivity contribution in [2.75, 3.05) is 45.0 Å². The number of nitrogens with one attached hydrogen (secondary N) is 1. The van der Waals surface area contributed by atoms with Gasteiger partial charge in [0.2, 0.25) is 17.5 Å². The Kier molecular flexibility index (Phi) is 8.58. The normalized spacial score (nSPS) is 19.5. The van der Waals surface area contributed by atoms with Gasteiger partial charge in [-0.05, 0) is 63.4 Å². The summed E-state index contributed by atoms with van der Waals surface area (Å²) < 4.78 is 6.11. The molecule has 0 amide bonds. The molecule has 174 valence electrons. The molecule has 3 rings (SSSR count). The second-order valence-electron chi connectivity index (χ2n) is 9.55. The first-order valence-electron chi connectivity index (χ1n) is 12.0. The molecule has 0 radical (unpaired) electrons. The molecule has 1 N–H and O–H groups in total. The second-order valence-corrected chi connectivity index (χ2v) is 9.55. The number of hydrogen-bond acceptors (Lipinski definition) is 6. The maximum Gasteiger partial charge on any atom is 0.232 e. The lowest BCUT2D eigenvalue weighted by Gasteiger charge is -2.26. The first kappa shape index (κ1) is 24.1. The summed E-state index contributed by atoms with van der Waals surface area (Å²) in [5.41, 5.74) is 2.76. The van der Waals surface area contributed by atoms with Gasteiger partial charge in [-0.3, -0.25) is 0 Å². The minimum absolute atomic E-state index is 0.153. The van der Waals surface area contributed by atoms with Crippen LogP contribution in [0.1, 0.15) is 81.0 Å². The molecule has 2 aromatic rings. The number of unbranched alkanes of at least 4 members (excludes halogenated alkanes) is 1. The van der Waals surface area contributed by atoms with E-state index in [1.54, 1.807) is 0 Å². The Hall–Kier alpha value is -2.52. The maximum atomic E-state index is 9.62. The quantitative estimate of drug-likeness (QED) is 0.507. The topological polar surface area (TPSA) is 68.3 Å². The average molecular weight is 438 g/mol. The minimum Gasteiger partial charge on any atom is -0.424 e. The number of likely N-dealkylation sites (N-methyl/N-ethyl adjacent to an activating group) is 1. The van der Waals surface area contributed by atoms with Crippen molar-refractivity contribution < 1.29 is 4.42 Å². The van der Waals surface area contributed by atoms with E-state index in [0.717, 1.165) is 24.7 Å². The van der Waals surface area contributed by atoms with Gasteiger partial charge in [0.05, 0.1) is 6.04 Å². The van der Waals surface area contributed by atoms with Crippen molar-refractivity contribution >= 4 is 11.6 Å². The summed E-state index contributed by atoms with van der Waals surface area (Å²) in [6, 6.07) is 11.0. The predicted molar refractivity (Wildman–Crippen MR) is 131 cm³/mol. The van der Waals surface area contributed by atoms with Gasteiger partial charge in [-0.25, -0.2) is 4.98 Å². The van der Waals surface area contributed by atoms with Gasteiger partial charge in [0.15, 0.2) is 0 Å². The Labute approximate surface area is 193 Å². The highest BCUT2D eigenvalue weighted by atomic mass is 16.4. The SMILES string of the molecule is CCCCC1CCC(c2nc(C#N)c(NC[C@H](c3ccc(N(C)C)cc3)N(C)C)o2)CC1. The summed E-state index contributed by atoms with van der Waals surface area (Å²) in [7, 11) is 8.23. The first-order chi connectivity index (χ1) is 15.4. The summed E-state index contributed by atoms with van der Waals surface area (Å²) in [6.45, 7) is 2.90. The van der Waals surface area contributed by atoms with Crippen LogP contribution in [-0.2, 0) is 0 Å². The summed E-state index contributed by atoms with van der Waals surface area (Å²) in [5, 5.41) is 13.0. The standard InChI is InChI=1S/C26H39N5O/c1-6-7-8-19-9-11-21(12-10-19)25-29-23(17-27)26(32-25)28-18-24(31(4)5)20-13-15-22(16-14-20)30(2)3/h13-16,19,21,24,28H,6-12,18H2,1-5H3/t19?,21?,24-/m1/s1. The molecule has 1 aliphatic carbocycles. The highest BCUT2D eigenvalue weighted by Crippen LogP contribution is 2.38. The molecular weight excluding hydrogens is 398 g/mol.